The molecule has 0 radical (unpaired) electrons. The van der Waals surface area contributed by atoms with Crippen molar-refractivity contribution in [3.63, 3.8) is 0 Å². The lowest BCUT2D eigenvalue weighted by Crippen LogP contribution is -2.28. The third-order valence-electron chi connectivity index (χ3n) is 2.89. The van der Waals surface area contributed by atoms with Crippen molar-refractivity contribution in [1.29, 1.82) is 0 Å². The van der Waals surface area contributed by atoms with Crippen LogP contribution in [0, 0.1) is 0 Å². The van der Waals surface area contributed by atoms with E-state index in [0.29, 0.717) is 30.4 Å². The summed E-state index contributed by atoms with van der Waals surface area (Å²) in [7, 11) is 0. The van der Waals surface area contributed by atoms with Crippen LogP contribution in [0.5, 0.6) is 11.5 Å². The Hall–Kier alpha value is -1.42. The lowest BCUT2D eigenvalue weighted by molar-refractivity contribution is 0.223. The van der Waals surface area contributed by atoms with E-state index in [-0.39, 0.29) is 0 Å². The number of benzene rings is 1. The highest BCUT2D eigenvalue weighted by molar-refractivity contribution is 5.62. The first-order valence-electron chi connectivity index (χ1n) is 6.59. The third kappa shape index (κ3) is 4.11. The third-order valence-corrected chi connectivity index (χ3v) is 2.89. The van der Waals surface area contributed by atoms with E-state index in [9.17, 15) is 0 Å². The van der Waals surface area contributed by atoms with Crippen molar-refractivity contribution in [2.24, 2.45) is 0 Å². The van der Waals surface area contributed by atoms with Crippen molar-refractivity contribution in [3.05, 3.63) is 18.2 Å². The van der Waals surface area contributed by atoms with Gasteiger partial charge in [0.05, 0.1) is 6.61 Å². The van der Waals surface area contributed by atoms with Crippen LogP contribution >= 0.6 is 0 Å². The molecule has 0 aromatic heterocycles. The number of para-hydroxylation sites is 1. The molecule has 1 aromatic carbocycles. The van der Waals surface area contributed by atoms with Gasteiger partial charge in [0, 0.05) is 6.54 Å². The van der Waals surface area contributed by atoms with E-state index in [0.717, 1.165) is 19.6 Å². The molecule has 18 heavy (non-hydrogen) atoms. The van der Waals surface area contributed by atoms with Crippen LogP contribution in [0.4, 0.5) is 5.69 Å². The second-order valence-electron chi connectivity index (χ2n) is 3.98. The Morgan fingerprint density at radius 2 is 1.67 bits per heavy atom. The smallest absolute Gasteiger partial charge is 0.146 e. The predicted molar refractivity (Wildman–Crippen MR) is 75.3 cm³/mol. The first kappa shape index (κ1) is 14.6. The lowest BCUT2D eigenvalue weighted by Gasteiger charge is -2.19. The van der Waals surface area contributed by atoms with Crippen molar-refractivity contribution in [3.8, 4) is 11.5 Å². The van der Waals surface area contributed by atoms with Gasteiger partial charge < -0.3 is 20.1 Å². The number of anilines is 1. The average Bonchev–Trinajstić information content (AvgIpc) is 2.39. The fourth-order valence-electron chi connectivity index (χ4n) is 1.76. The minimum Gasteiger partial charge on any atom is -0.492 e. The molecule has 0 aliphatic carbocycles. The second-order valence-corrected chi connectivity index (χ2v) is 3.98. The van der Waals surface area contributed by atoms with E-state index < -0.39 is 0 Å². The Morgan fingerprint density at radius 1 is 1.06 bits per heavy atom. The van der Waals surface area contributed by atoms with Crippen LogP contribution in [-0.2, 0) is 0 Å². The summed E-state index contributed by atoms with van der Waals surface area (Å²) in [5, 5.41) is 0. The zero-order valence-electron chi connectivity index (χ0n) is 11.6. The van der Waals surface area contributed by atoms with Gasteiger partial charge in [0.1, 0.15) is 23.8 Å². The minimum atomic E-state index is 0.582. The summed E-state index contributed by atoms with van der Waals surface area (Å²) >= 11 is 0. The van der Waals surface area contributed by atoms with Crippen LogP contribution in [0.3, 0.4) is 0 Å². The molecule has 4 heteroatoms. The van der Waals surface area contributed by atoms with Crippen LogP contribution in [0.1, 0.15) is 20.8 Å². The van der Waals surface area contributed by atoms with Gasteiger partial charge in [-0.3, -0.25) is 0 Å². The molecule has 0 fully saturated rings. The molecule has 4 nitrogen and oxygen atoms in total. The van der Waals surface area contributed by atoms with Crippen LogP contribution in [0.2, 0.25) is 0 Å². The fraction of sp³-hybridized carbons (Fsp3) is 0.571. The van der Waals surface area contributed by atoms with Gasteiger partial charge in [0.25, 0.3) is 0 Å². The molecule has 0 bridgehead atoms. The number of ether oxygens (including phenoxy) is 2. The van der Waals surface area contributed by atoms with Gasteiger partial charge >= 0.3 is 0 Å². The van der Waals surface area contributed by atoms with Gasteiger partial charge in [0.15, 0.2) is 0 Å². The number of rotatable bonds is 8. The number of nitrogen functional groups attached to an aromatic ring is 1. The molecule has 2 N–H and O–H groups in total. The second kappa shape index (κ2) is 7.82. The van der Waals surface area contributed by atoms with Gasteiger partial charge in [-0.1, -0.05) is 19.9 Å². The van der Waals surface area contributed by atoms with Crippen LogP contribution in [0.25, 0.3) is 0 Å². The van der Waals surface area contributed by atoms with Crippen molar-refractivity contribution in [1.82, 2.24) is 4.90 Å². The quantitative estimate of drug-likeness (QED) is 0.722. The largest absolute Gasteiger partial charge is 0.492 e. The summed E-state index contributed by atoms with van der Waals surface area (Å²) in [6.45, 7) is 10.5. The molecule has 0 heterocycles. The summed E-state index contributed by atoms with van der Waals surface area (Å²) in [6, 6.07) is 5.63. The van der Waals surface area contributed by atoms with Gasteiger partial charge in [-0.05, 0) is 32.1 Å². The first-order valence-corrected chi connectivity index (χ1v) is 6.59. The summed E-state index contributed by atoms with van der Waals surface area (Å²) in [4.78, 5) is 2.31. The molecule has 0 saturated heterocycles. The van der Waals surface area contributed by atoms with Crippen molar-refractivity contribution in [2.45, 2.75) is 20.8 Å². The minimum absolute atomic E-state index is 0.582. The van der Waals surface area contributed by atoms with E-state index in [2.05, 4.69) is 18.7 Å². The van der Waals surface area contributed by atoms with Crippen molar-refractivity contribution >= 4 is 5.69 Å². The number of likely N-dealkylation sites (N-methyl/N-ethyl adjacent to an activating group) is 1. The van der Waals surface area contributed by atoms with Gasteiger partial charge in [-0.25, -0.2) is 0 Å². The molecule has 0 atom stereocenters. The van der Waals surface area contributed by atoms with Crippen LogP contribution in [0.15, 0.2) is 18.2 Å². The highest BCUT2D eigenvalue weighted by Gasteiger charge is 2.07. The van der Waals surface area contributed by atoms with Gasteiger partial charge in [0.2, 0.25) is 0 Å². The molecule has 1 rings (SSSR count). The maximum absolute atomic E-state index is 5.99. The van der Waals surface area contributed by atoms with Crippen LogP contribution in [-0.4, -0.2) is 37.7 Å². The monoisotopic (exact) mass is 252 g/mol. The average molecular weight is 252 g/mol. The number of nitrogens with two attached hydrogens (primary N) is 1. The summed E-state index contributed by atoms with van der Waals surface area (Å²) in [6.07, 6.45) is 0. The fourth-order valence-corrected chi connectivity index (χ4v) is 1.76. The summed E-state index contributed by atoms with van der Waals surface area (Å²) < 4.78 is 11.1. The Bertz CT molecular complexity index is 352. The van der Waals surface area contributed by atoms with Crippen LogP contribution < -0.4 is 15.2 Å². The van der Waals surface area contributed by atoms with Crippen molar-refractivity contribution in [2.75, 3.05) is 38.6 Å². The number of hydrogen-bond donors (Lipinski definition) is 1. The molecular formula is C14H24N2O2. The molecule has 0 amide bonds. The molecule has 0 saturated carbocycles. The lowest BCUT2D eigenvalue weighted by atomic mass is 10.3. The Morgan fingerprint density at radius 3 is 2.22 bits per heavy atom. The first-order chi connectivity index (χ1) is 8.72. The molecule has 0 spiro atoms. The maximum atomic E-state index is 5.99. The van der Waals surface area contributed by atoms with Gasteiger partial charge in [-0.2, -0.15) is 0 Å². The zero-order chi connectivity index (χ0) is 13.4. The van der Waals surface area contributed by atoms with E-state index in [1.54, 1.807) is 0 Å². The standard InChI is InChI=1S/C14H24N2O2/c1-4-16(5-2)10-11-18-13-9-7-8-12(14(13)15)17-6-3/h7-9H,4-6,10-11,15H2,1-3H3. The highest BCUT2D eigenvalue weighted by Crippen LogP contribution is 2.31. The molecule has 1 aromatic rings. The maximum Gasteiger partial charge on any atom is 0.146 e. The van der Waals surface area contributed by atoms with E-state index >= 15 is 0 Å². The number of nitrogens with zero attached hydrogens (tertiary/aromatic N) is 1. The van der Waals surface area contributed by atoms with E-state index in [4.69, 9.17) is 15.2 Å². The topological polar surface area (TPSA) is 47.7 Å². The predicted octanol–water partition coefficient (Wildman–Crippen LogP) is 2.39. The Labute approximate surface area is 110 Å². The number of hydrogen-bond acceptors (Lipinski definition) is 4. The molecule has 0 unspecified atom stereocenters. The Balaban J connectivity index is 2.54. The SMILES string of the molecule is CCOc1cccc(OCCN(CC)CC)c1N. The molecule has 0 aliphatic rings. The molecule has 102 valence electrons. The Kier molecular flexibility index (Phi) is 6.36. The summed E-state index contributed by atoms with van der Waals surface area (Å²) in [5.74, 6) is 1.39. The normalized spacial score (nSPS) is 10.7. The van der Waals surface area contributed by atoms with Gasteiger partial charge in [-0.15, -0.1) is 0 Å². The van der Waals surface area contributed by atoms with Crippen molar-refractivity contribution < 1.29 is 9.47 Å². The highest BCUT2D eigenvalue weighted by atomic mass is 16.5. The molecular weight excluding hydrogens is 228 g/mol. The van der Waals surface area contributed by atoms with E-state index in [1.165, 1.54) is 0 Å². The summed E-state index contributed by atoms with van der Waals surface area (Å²) in [5.41, 5.74) is 6.57. The molecule has 0 aliphatic heterocycles. The zero-order valence-corrected chi connectivity index (χ0v) is 11.6. The van der Waals surface area contributed by atoms with E-state index in [1.807, 2.05) is 25.1 Å².